The molecule has 27 heavy (non-hydrogen) atoms. The van der Waals surface area contributed by atoms with E-state index in [0.717, 1.165) is 21.9 Å². The number of nitrogens with two attached hydrogens (primary N) is 1. The molecule has 0 aliphatic carbocycles. The summed E-state index contributed by atoms with van der Waals surface area (Å²) in [6, 6.07) is 22.9. The van der Waals surface area contributed by atoms with Crippen LogP contribution < -0.4 is 11.1 Å². The van der Waals surface area contributed by atoms with Crippen LogP contribution >= 0.6 is 0 Å². The molecule has 3 rings (SSSR count). The Morgan fingerprint density at radius 3 is 2.37 bits per heavy atom. The van der Waals surface area contributed by atoms with Crippen LogP contribution in [0.25, 0.3) is 16.8 Å². The maximum atomic E-state index is 12.4. The Kier molecular flexibility index (Phi) is 6.00. The normalized spacial score (nSPS) is 12.1. The molecule has 0 aliphatic rings. The highest BCUT2D eigenvalue weighted by molar-refractivity contribution is 5.89. The molecule has 4 nitrogen and oxygen atoms in total. The highest BCUT2D eigenvalue weighted by atomic mass is 16.2. The van der Waals surface area contributed by atoms with E-state index < -0.39 is 11.9 Å². The number of carbonyl (C=O) groups is 2. The smallest absolute Gasteiger partial charge is 0.240 e. The minimum Gasteiger partial charge on any atom is -0.368 e. The van der Waals surface area contributed by atoms with Gasteiger partial charge in [-0.05, 0) is 28.3 Å². The van der Waals surface area contributed by atoms with Crippen molar-refractivity contribution in [1.29, 1.82) is 0 Å². The summed E-state index contributed by atoms with van der Waals surface area (Å²) >= 11 is 0. The molecule has 136 valence electrons. The number of nitrogens with one attached hydrogen (secondary N) is 1. The lowest BCUT2D eigenvalue weighted by molar-refractivity contribution is -0.126. The van der Waals surface area contributed by atoms with Crippen molar-refractivity contribution in [3.05, 3.63) is 90.0 Å². The largest absolute Gasteiger partial charge is 0.368 e. The zero-order valence-electron chi connectivity index (χ0n) is 15.0. The summed E-state index contributed by atoms with van der Waals surface area (Å²) in [6.45, 7) is 0. The average Bonchev–Trinajstić information content (AvgIpc) is 2.68. The minimum atomic E-state index is -0.724. The summed E-state index contributed by atoms with van der Waals surface area (Å²) in [5, 5.41) is 4.95. The molecule has 3 N–H and O–H groups in total. The Labute approximate surface area is 158 Å². The van der Waals surface area contributed by atoms with Crippen LogP contribution in [-0.2, 0) is 16.0 Å². The molecule has 0 aliphatic heterocycles. The van der Waals surface area contributed by atoms with Gasteiger partial charge in [0.15, 0.2) is 0 Å². The van der Waals surface area contributed by atoms with E-state index >= 15 is 0 Å². The number of primary amides is 1. The molecule has 2 amide bonds. The zero-order valence-corrected chi connectivity index (χ0v) is 15.0. The summed E-state index contributed by atoms with van der Waals surface area (Å²) in [4.78, 5) is 24.0. The van der Waals surface area contributed by atoms with Crippen molar-refractivity contribution in [2.75, 3.05) is 0 Å². The summed E-state index contributed by atoms with van der Waals surface area (Å²) < 4.78 is 0. The Hall–Kier alpha value is -3.40. The van der Waals surface area contributed by atoms with Crippen LogP contribution in [-0.4, -0.2) is 17.9 Å². The topological polar surface area (TPSA) is 72.2 Å². The lowest BCUT2D eigenvalue weighted by Gasteiger charge is -2.14. The molecular formula is C23H22N2O2. The molecule has 3 aromatic carbocycles. The minimum absolute atomic E-state index is 0.205. The predicted molar refractivity (Wildman–Crippen MR) is 109 cm³/mol. The van der Waals surface area contributed by atoms with Crippen molar-refractivity contribution in [3.8, 4) is 0 Å². The third-order valence-corrected chi connectivity index (χ3v) is 4.34. The van der Waals surface area contributed by atoms with E-state index in [4.69, 9.17) is 5.73 Å². The molecule has 0 unspecified atom stereocenters. The fraction of sp³-hybridized carbons (Fsp3) is 0.130. The van der Waals surface area contributed by atoms with E-state index in [1.54, 1.807) is 0 Å². The van der Waals surface area contributed by atoms with Crippen LogP contribution in [0.1, 0.15) is 17.5 Å². The predicted octanol–water partition coefficient (Wildman–Crippen LogP) is 3.46. The van der Waals surface area contributed by atoms with Gasteiger partial charge in [0.1, 0.15) is 6.04 Å². The highest BCUT2D eigenvalue weighted by Crippen LogP contribution is 2.16. The number of benzene rings is 3. The van der Waals surface area contributed by atoms with Crippen molar-refractivity contribution in [1.82, 2.24) is 5.32 Å². The van der Waals surface area contributed by atoms with Gasteiger partial charge in [0.2, 0.25) is 11.8 Å². The summed E-state index contributed by atoms with van der Waals surface area (Å²) in [6.07, 6.45) is 4.32. The SMILES string of the molecule is NC(=O)[C@@H](C/C=C/c1ccccc1)NC(=O)Cc1ccc2ccccc2c1. The van der Waals surface area contributed by atoms with Gasteiger partial charge in [-0.25, -0.2) is 0 Å². The second-order valence-corrected chi connectivity index (χ2v) is 6.43. The molecule has 0 bridgehead atoms. The van der Waals surface area contributed by atoms with Crippen molar-refractivity contribution in [2.24, 2.45) is 5.73 Å². The number of amides is 2. The summed E-state index contributed by atoms with van der Waals surface area (Å²) in [7, 11) is 0. The summed E-state index contributed by atoms with van der Waals surface area (Å²) in [5.41, 5.74) is 7.37. The molecule has 0 heterocycles. The first kappa shape index (κ1) is 18.4. The van der Waals surface area contributed by atoms with Gasteiger partial charge >= 0.3 is 0 Å². The van der Waals surface area contributed by atoms with Crippen molar-refractivity contribution in [2.45, 2.75) is 18.9 Å². The molecule has 0 spiro atoms. The van der Waals surface area contributed by atoms with Gasteiger partial charge in [0.25, 0.3) is 0 Å². The van der Waals surface area contributed by atoms with Gasteiger partial charge in [-0.2, -0.15) is 0 Å². The monoisotopic (exact) mass is 358 g/mol. The maximum Gasteiger partial charge on any atom is 0.240 e. The maximum absolute atomic E-state index is 12.4. The highest BCUT2D eigenvalue weighted by Gasteiger charge is 2.16. The fourth-order valence-electron chi connectivity index (χ4n) is 2.93. The van der Waals surface area contributed by atoms with Gasteiger partial charge in [0.05, 0.1) is 6.42 Å². The third-order valence-electron chi connectivity index (χ3n) is 4.34. The van der Waals surface area contributed by atoms with Crippen LogP contribution in [0, 0.1) is 0 Å². The van der Waals surface area contributed by atoms with Crippen LogP contribution in [0.2, 0.25) is 0 Å². The first-order chi connectivity index (χ1) is 13.1. The van der Waals surface area contributed by atoms with E-state index in [2.05, 4.69) is 5.32 Å². The number of hydrogen-bond donors (Lipinski definition) is 2. The number of carbonyl (C=O) groups excluding carboxylic acids is 2. The Morgan fingerprint density at radius 1 is 0.926 bits per heavy atom. The van der Waals surface area contributed by atoms with E-state index in [1.165, 1.54) is 0 Å². The lowest BCUT2D eigenvalue weighted by atomic mass is 10.0. The first-order valence-electron chi connectivity index (χ1n) is 8.90. The van der Waals surface area contributed by atoms with Crippen LogP contribution in [0.3, 0.4) is 0 Å². The van der Waals surface area contributed by atoms with Crippen LogP contribution in [0.5, 0.6) is 0 Å². The van der Waals surface area contributed by atoms with E-state index in [0.29, 0.717) is 6.42 Å². The zero-order chi connectivity index (χ0) is 19.1. The molecule has 3 aromatic rings. The average molecular weight is 358 g/mol. The second kappa shape index (κ2) is 8.81. The van der Waals surface area contributed by atoms with Gasteiger partial charge in [-0.15, -0.1) is 0 Å². The molecular weight excluding hydrogens is 336 g/mol. The molecule has 0 fully saturated rings. The molecule has 0 aromatic heterocycles. The molecule has 0 radical (unpaired) electrons. The van der Waals surface area contributed by atoms with Gasteiger partial charge < -0.3 is 11.1 Å². The second-order valence-electron chi connectivity index (χ2n) is 6.43. The van der Waals surface area contributed by atoms with E-state index in [-0.39, 0.29) is 12.3 Å². The Morgan fingerprint density at radius 2 is 1.63 bits per heavy atom. The first-order valence-corrected chi connectivity index (χ1v) is 8.90. The molecule has 4 heteroatoms. The Bertz CT molecular complexity index is 964. The van der Waals surface area contributed by atoms with Crippen molar-refractivity contribution < 1.29 is 9.59 Å². The lowest BCUT2D eigenvalue weighted by Crippen LogP contribution is -2.44. The van der Waals surface area contributed by atoms with Gasteiger partial charge in [-0.3, -0.25) is 9.59 Å². The number of fused-ring (bicyclic) bond motifs is 1. The summed E-state index contributed by atoms with van der Waals surface area (Å²) in [5.74, 6) is -0.762. The van der Waals surface area contributed by atoms with Gasteiger partial charge in [-0.1, -0.05) is 84.9 Å². The quantitative estimate of drug-likeness (QED) is 0.679. The van der Waals surface area contributed by atoms with Crippen molar-refractivity contribution >= 4 is 28.7 Å². The van der Waals surface area contributed by atoms with Gasteiger partial charge in [0, 0.05) is 0 Å². The fourth-order valence-corrected chi connectivity index (χ4v) is 2.93. The molecule has 0 saturated heterocycles. The third kappa shape index (κ3) is 5.28. The van der Waals surface area contributed by atoms with E-state index in [9.17, 15) is 9.59 Å². The van der Waals surface area contributed by atoms with Crippen molar-refractivity contribution in [3.63, 3.8) is 0 Å². The number of hydrogen-bond acceptors (Lipinski definition) is 2. The molecule has 0 saturated carbocycles. The Balaban J connectivity index is 1.60. The van der Waals surface area contributed by atoms with E-state index in [1.807, 2.05) is 84.9 Å². The standard InChI is InChI=1S/C23H22N2O2/c24-23(27)21(12-6-9-17-7-2-1-3-8-17)25-22(26)16-18-13-14-19-10-4-5-11-20(19)15-18/h1-11,13-15,21H,12,16H2,(H2,24,27)(H,25,26)/b9-6+/t21-/m1/s1. The molecule has 1 atom stereocenters. The van der Waals surface area contributed by atoms with Crippen LogP contribution in [0.15, 0.2) is 78.9 Å². The number of rotatable bonds is 7. The van der Waals surface area contributed by atoms with Crippen LogP contribution in [0.4, 0.5) is 0 Å².